The maximum absolute atomic E-state index is 12.2. The second-order valence-corrected chi connectivity index (χ2v) is 7.73. The van der Waals surface area contributed by atoms with Crippen LogP contribution in [0.25, 0.3) is 0 Å². The van der Waals surface area contributed by atoms with Gasteiger partial charge in [-0.2, -0.15) is 0 Å². The highest BCUT2D eigenvalue weighted by Gasteiger charge is 2.55. The van der Waals surface area contributed by atoms with Gasteiger partial charge in [-0.3, -0.25) is 9.59 Å². The number of rotatable bonds is 0. The Kier molecular flexibility index (Phi) is 5.10. The van der Waals surface area contributed by atoms with Crippen molar-refractivity contribution in [2.45, 2.75) is 60.0 Å². The first-order valence-electron chi connectivity index (χ1n) is 8.43. The molecule has 2 rings (SSSR count). The highest BCUT2D eigenvalue weighted by Crippen LogP contribution is 2.61. The normalized spacial score (nSPS) is 39.0. The van der Waals surface area contributed by atoms with Crippen molar-refractivity contribution in [3.63, 3.8) is 0 Å². The van der Waals surface area contributed by atoms with Gasteiger partial charge in [-0.15, -0.1) is 0 Å². The summed E-state index contributed by atoms with van der Waals surface area (Å²) in [6, 6.07) is 0. The maximum Gasteiger partial charge on any atom is 0.228 e. The number of hydrogen-bond acceptors (Lipinski definition) is 3. The Labute approximate surface area is 139 Å². The number of Topliss-reactive ketones (excluding diaryl/α,β-unsaturated/α-hetero) is 1. The summed E-state index contributed by atoms with van der Waals surface area (Å²) in [5, 5.41) is 10.1. The van der Waals surface area contributed by atoms with Crippen LogP contribution < -0.4 is 0 Å². The molecule has 0 unspecified atom stereocenters. The molecule has 1 fully saturated rings. The van der Waals surface area contributed by atoms with Gasteiger partial charge in [-0.05, 0) is 74.5 Å². The highest BCUT2D eigenvalue weighted by atomic mass is 16.3. The van der Waals surface area contributed by atoms with Crippen LogP contribution >= 0.6 is 0 Å². The number of carbonyl (C=O) groups is 2. The fraction of sp³-hybridized carbons (Fsp3) is 0.600. The van der Waals surface area contributed by atoms with E-state index >= 15 is 0 Å². The molecule has 0 saturated heterocycles. The molecule has 0 spiro atoms. The smallest absolute Gasteiger partial charge is 0.228 e. The molecule has 2 aliphatic carbocycles. The topological polar surface area (TPSA) is 54.4 Å². The highest BCUT2D eigenvalue weighted by molar-refractivity contribution is 6.47. The monoisotopic (exact) mass is 316 g/mol. The van der Waals surface area contributed by atoms with E-state index in [1.54, 1.807) is 13.8 Å². The number of aliphatic hydroxyl groups excluding tert-OH is 1. The van der Waals surface area contributed by atoms with E-state index in [-0.39, 0.29) is 5.41 Å². The molecule has 0 bridgehead atoms. The Hall–Kier alpha value is -1.48. The number of fused-ring (bicyclic) bond motifs is 1. The Morgan fingerprint density at radius 1 is 1.17 bits per heavy atom. The fourth-order valence-corrected chi connectivity index (χ4v) is 3.56. The SMILES string of the molecule is C/C1=C/[C@@H]2[C@@H](CC/C(C)=C/C[C@H](O)/C(C)=C/C(=O)C1=O)C2(C)C. The fourth-order valence-electron chi connectivity index (χ4n) is 3.56. The van der Waals surface area contributed by atoms with Crippen molar-refractivity contribution in [2.24, 2.45) is 17.3 Å². The quantitative estimate of drug-likeness (QED) is 0.546. The molecule has 0 aliphatic heterocycles. The summed E-state index contributed by atoms with van der Waals surface area (Å²) in [7, 11) is 0. The lowest BCUT2D eigenvalue weighted by Crippen LogP contribution is -2.16. The lowest BCUT2D eigenvalue weighted by Gasteiger charge is -2.10. The van der Waals surface area contributed by atoms with Crippen molar-refractivity contribution in [3.8, 4) is 0 Å². The van der Waals surface area contributed by atoms with Gasteiger partial charge >= 0.3 is 0 Å². The summed E-state index contributed by atoms with van der Waals surface area (Å²) >= 11 is 0. The molecule has 0 aromatic carbocycles. The van der Waals surface area contributed by atoms with Gasteiger partial charge in [0.25, 0.3) is 0 Å². The minimum atomic E-state index is -0.709. The van der Waals surface area contributed by atoms with Crippen molar-refractivity contribution in [1.29, 1.82) is 0 Å². The first kappa shape index (κ1) is 17.9. The molecule has 0 heterocycles. The minimum Gasteiger partial charge on any atom is -0.388 e. The van der Waals surface area contributed by atoms with Gasteiger partial charge < -0.3 is 5.11 Å². The van der Waals surface area contributed by atoms with E-state index < -0.39 is 17.7 Å². The van der Waals surface area contributed by atoms with E-state index in [1.807, 2.05) is 12.2 Å². The van der Waals surface area contributed by atoms with Crippen LogP contribution in [0.2, 0.25) is 0 Å². The van der Waals surface area contributed by atoms with Crippen LogP contribution in [0.3, 0.4) is 0 Å². The molecular formula is C20H28O3. The molecule has 23 heavy (non-hydrogen) atoms. The molecule has 0 aromatic rings. The zero-order chi connectivity index (χ0) is 17.4. The number of hydrogen-bond donors (Lipinski definition) is 1. The number of ketones is 2. The number of aliphatic hydroxyl groups is 1. The lowest BCUT2D eigenvalue weighted by molar-refractivity contribution is -0.131. The second kappa shape index (κ2) is 6.56. The van der Waals surface area contributed by atoms with E-state index in [0.717, 1.165) is 12.8 Å². The standard InChI is InChI=1S/C20H28O3/c1-12-6-8-15-16(20(15,4)5)10-14(3)19(23)18(22)11-13(2)17(21)9-7-12/h7,10-11,15-17,21H,6,8-9H2,1-5H3/b12-7+,13-11+,14-10-/t15-,16-,17+/m1/s1. The predicted octanol–water partition coefficient (Wildman–Crippen LogP) is 3.78. The van der Waals surface area contributed by atoms with Crippen LogP contribution in [-0.4, -0.2) is 22.8 Å². The third-order valence-electron chi connectivity index (χ3n) is 5.57. The van der Waals surface area contributed by atoms with Crippen LogP contribution in [0.4, 0.5) is 0 Å². The van der Waals surface area contributed by atoms with Crippen LogP contribution in [-0.2, 0) is 9.59 Å². The molecule has 0 amide bonds. The van der Waals surface area contributed by atoms with E-state index in [4.69, 9.17) is 0 Å². The Morgan fingerprint density at radius 3 is 2.48 bits per heavy atom. The summed E-state index contributed by atoms with van der Waals surface area (Å²) < 4.78 is 0. The summed E-state index contributed by atoms with van der Waals surface area (Å²) in [4.78, 5) is 24.3. The summed E-state index contributed by atoms with van der Waals surface area (Å²) in [6.45, 7) is 9.97. The number of carbonyl (C=O) groups excluding carboxylic acids is 2. The Morgan fingerprint density at radius 2 is 1.83 bits per heavy atom. The largest absolute Gasteiger partial charge is 0.388 e. The molecule has 3 nitrogen and oxygen atoms in total. The first-order chi connectivity index (χ1) is 10.6. The van der Waals surface area contributed by atoms with Gasteiger partial charge in [0.15, 0.2) is 0 Å². The van der Waals surface area contributed by atoms with Crippen molar-refractivity contribution in [3.05, 3.63) is 34.9 Å². The van der Waals surface area contributed by atoms with Crippen molar-refractivity contribution < 1.29 is 14.7 Å². The zero-order valence-corrected chi connectivity index (χ0v) is 14.8. The molecule has 1 saturated carbocycles. The molecule has 0 radical (unpaired) electrons. The van der Waals surface area contributed by atoms with Gasteiger partial charge in [-0.25, -0.2) is 0 Å². The van der Waals surface area contributed by atoms with E-state index in [0.29, 0.717) is 29.4 Å². The second-order valence-electron chi connectivity index (χ2n) is 7.73. The van der Waals surface area contributed by atoms with Crippen molar-refractivity contribution in [1.82, 2.24) is 0 Å². The predicted molar refractivity (Wildman–Crippen MR) is 91.9 cm³/mol. The van der Waals surface area contributed by atoms with Gasteiger partial charge in [0.05, 0.1) is 6.10 Å². The average molecular weight is 316 g/mol. The van der Waals surface area contributed by atoms with E-state index in [2.05, 4.69) is 20.8 Å². The third-order valence-corrected chi connectivity index (χ3v) is 5.57. The summed E-state index contributed by atoms with van der Waals surface area (Å²) in [5.74, 6) is -0.0793. The molecule has 3 atom stereocenters. The molecule has 2 aliphatic rings. The molecule has 126 valence electrons. The van der Waals surface area contributed by atoms with Gasteiger partial charge in [0, 0.05) is 0 Å². The van der Waals surface area contributed by atoms with Crippen LogP contribution in [0.1, 0.15) is 53.9 Å². The molecule has 0 aromatic heterocycles. The Bertz CT molecular complexity index is 604. The molecule has 1 N–H and O–H groups in total. The van der Waals surface area contributed by atoms with E-state index in [9.17, 15) is 14.7 Å². The van der Waals surface area contributed by atoms with Gasteiger partial charge in [0.2, 0.25) is 11.6 Å². The molecular weight excluding hydrogens is 288 g/mol. The summed E-state index contributed by atoms with van der Waals surface area (Å²) in [5.41, 5.74) is 2.54. The van der Waals surface area contributed by atoms with Crippen molar-refractivity contribution in [2.75, 3.05) is 0 Å². The molecule has 3 heteroatoms. The Balaban J connectivity index is 2.32. The zero-order valence-electron chi connectivity index (χ0n) is 14.8. The first-order valence-corrected chi connectivity index (χ1v) is 8.43. The van der Waals surface area contributed by atoms with Crippen LogP contribution in [0.15, 0.2) is 34.9 Å². The van der Waals surface area contributed by atoms with Crippen LogP contribution in [0.5, 0.6) is 0 Å². The average Bonchev–Trinajstić information content (AvgIpc) is 3.00. The minimum absolute atomic E-state index is 0.191. The van der Waals surface area contributed by atoms with Crippen LogP contribution in [0, 0.1) is 17.3 Å². The third kappa shape index (κ3) is 3.89. The van der Waals surface area contributed by atoms with Gasteiger partial charge in [-0.1, -0.05) is 31.6 Å². The van der Waals surface area contributed by atoms with E-state index in [1.165, 1.54) is 11.6 Å². The number of allylic oxidation sites excluding steroid dienone is 4. The summed E-state index contributed by atoms with van der Waals surface area (Å²) in [6.07, 6.45) is 7.19. The lowest BCUT2D eigenvalue weighted by atomic mass is 9.99. The maximum atomic E-state index is 12.2. The van der Waals surface area contributed by atoms with Crippen molar-refractivity contribution >= 4 is 11.6 Å². The van der Waals surface area contributed by atoms with Gasteiger partial charge in [0.1, 0.15) is 0 Å².